The van der Waals surface area contributed by atoms with Gasteiger partial charge in [0.25, 0.3) is 5.91 Å². The van der Waals surface area contributed by atoms with E-state index in [-0.39, 0.29) is 116 Å². The molecule has 0 aliphatic carbocycles. The Hall–Kier alpha value is -8.31. The van der Waals surface area contributed by atoms with Crippen LogP contribution in [0.15, 0.2) is 101 Å². The predicted octanol–water partition coefficient (Wildman–Crippen LogP) is 9.24. The van der Waals surface area contributed by atoms with E-state index in [2.05, 4.69) is 10.3 Å². The number of ketones is 3. The average molecular weight is 1250 g/mol. The molecule has 0 unspecified atom stereocenters. The van der Waals surface area contributed by atoms with Gasteiger partial charge in [-0.1, -0.05) is 69.3 Å². The molecule has 0 saturated heterocycles. The van der Waals surface area contributed by atoms with Gasteiger partial charge >= 0.3 is 17.9 Å². The Morgan fingerprint density at radius 3 is 1.97 bits per heavy atom. The second-order valence-corrected chi connectivity index (χ2v) is 22.4. The lowest BCUT2D eigenvalue weighted by molar-refractivity contribution is -0.482. The fourth-order valence-corrected chi connectivity index (χ4v) is 10.5. The van der Waals surface area contributed by atoms with Gasteiger partial charge in [0.05, 0.1) is 109 Å². The van der Waals surface area contributed by atoms with E-state index >= 15 is 0 Å². The Kier molecular flexibility index (Phi) is 26.6. The third-order valence-corrected chi connectivity index (χ3v) is 15.5. The monoisotopic (exact) mass is 1240 g/mol. The minimum Gasteiger partial charge on any atom is -0.493 e. The van der Waals surface area contributed by atoms with Crippen LogP contribution in [0.1, 0.15) is 120 Å². The van der Waals surface area contributed by atoms with Gasteiger partial charge in [-0.15, -0.1) is 0 Å². The molecule has 0 fully saturated rings. The van der Waals surface area contributed by atoms with Crippen molar-refractivity contribution < 1.29 is 85.9 Å². The normalized spacial score (nSPS) is 16.7. The number of nitrogens with zero attached hydrogens (tertiary/aromatic N) is 4. The van der Waals surface area contributed by atoms with Crippen molar-refractivity contribution in [1.82, 2.24) is 10.2 Å². The van der Waals surface area contributed by atoms with E-state index in [0.29, 0.717) is 112 Å². The van der Waals surface area contributed by atoms with Crippen molar-refractivity contribution in [1.29, 1.82) is 0 Å². The summed E-state index contributed by atoms with van der Waals surface area (Å²) < 4.78 is 53.1. The zero-order valence-corrected chi connectivity index (χ0v) is 53.0. The topological polar surface area (TPSA) is 257 Å². The van der Waals surface area contributed by atoms with E-state index in [9.17, 15) is 38.7 Å². The molecule has 22 heteroatoms. The summed E-state index contributed by atoms with van der Waals surface area (Å²) in [6, 6.07) is 11.0. The SMILES string of the molecule is C/C=C/C1=CN2C(=O)c3cc(OC)c(OCCCOc4cc5c(cc4OC)C(O)=[N+]4C=C(/C=C/C)C[C@H]4C(=O)N5C(=O)OCc4ccc(CC(=O)[C@H](C)NC(=O)[C@@H](CC(=O)CCOCCOCCOCCOCCCC(=O)CC)C(C)C)cc4)cc3N=C[C@@H]2C1. The molecule has 2 N–H and O–H groups in total. The minimum absolute atomic E-state index is 0.000303. The first-order valence-electron chi connectivity index (χ1n) is 30.8. The first-order valence-corrected chi connectivity index (χ1v) is 30.8. The molecular formula is C68H86N5O17+. The zero-order chi connectivity index (χ0) is 64.7. The van der Waals surface area contributed by atoms with Gasteiger partial charge in [0.15, 0.2) is 35.0 Å². The van der Waals surface area contributed by atoms with Gasteiger partial charge in [0.2, 0.25) is 11.9 Å². The Bertz CT molecular complexity index is 3240. The molecule has 22 nitrogen and oxygen atoms in total. The molecule has 90 heavy (non-hydrogen) atoms. The van der Waals surface area contributed by atoms with Crippen LogP contribution in [0.3, 0.4) is 0 Å². The largest absolute Gasteiger partial charge is 0.493 e. The Morgan fingerprint density at radius 1 is 0.722 bits per heavy atom. The van der Waals surface area contributed by atoms with Crippen LogP contribution in [0.2, 0.25) is 0 Å². The van der Waals surface area contributed by atoms with Gasteiger partial charge in [-0.25, -0.2) is 9.69 Å². The number of allylic oxidation sites excluding steroid dienone is 4. The second kappa shape index (κ2) is 34.6. The molecule has 4 atom stereocenters. The number of nitrogens with one attached hydrogen (secondary N) is 1. The lowest BCUT2D eigenvalue weighted by Gasteiger charge is -2.22. The van der Waals surface area contributed by atoms with E-state index < -0.39 is 35.9 Å². The molecule has 4 aliphatic rings. The molecule has 0 spiro atoms. The lowest BCUT2D eigenvalue weighted by atomic mass is 9.88. The molecule has 4 amide bonds. The number of methoxy groups -OCH3 is 2. The van der Waals surface area contributed by atoms with E-state index in [0.717, 1.165) is 16.0 Å². The highest BCUT2D eigenvalue weighted by Crippen LogP contribution is 2.41. The van der Waals surface area contributed by atoms with Gasteiger partial charge in [0, 0.05) is 87.2 Å². The van der Waals surface area contributed by atoms with Crippen LogP contribution in [0.25, 0.3) is 0 Å². The fraction of sp³-hybridized carbons (Fsp3) is 0.485. The Balaban J connectivity index is 0.890. The number of hydrogen-bond acceptors (Lipinski definition) is 17. The summed E-state index contributed by atoms with van der Waals surface area (Å²) in [5, 5.41) is 14.7. The van der Waals surface area contributed by atoms with E-state index in [4.69, 9.17) is 42.6 Å². The van der Waals surface area contributed by atoms with Crippen molar-refractivity contribution in [2.24, 2.45) is 16.8 Å². The quantitative estimate of drug-likeness (QED) is 0.0403. The maximum Gasteiger partial charge on any atom is 0.421 e. The van der Waals surface area contributed by atoms with Crippen LogP contribution in [-0.4, -0.2) is 166 Å². The van der Waals surface area contributed by atoms with Gasteiger partial charge in [-0.05, 0) is 62.3 Å². The van der Waals surface area contributed by atoms with Crippen LogP contribution >= 0.6 is 0 Å². The summed E-state index contributed by atoms with van der Waals surface area (Å²) in [4.78, 5) is 101. The number of aliphatic imine (C=N–C) groups is 1. The van der Waals surface area contributed by atoms with Crippen molar-refractivity contribution in [2.45, 2.75) is 124 Å². The zero-order valence-electron chi connectivity index (χ0n) is 53.0. The van der Waals surface area contributed by atoms with Crippen molar-refractivity contribution >= 4 is 64.7 Å². The number of carbonyl (C=O) groups is 7. The average Bonchev–Trinajstić information content (AvgIpc) is 1.62. The highest BCUT2D eigenvalue weighted by Gasteiger charge is 2.48. The molecule has 3 aromatic carbocycles. The van der Waals surface area contributed by atoms with Crippen molar-refractivity contribution in [3.63, 3.8) is 0 Å². The highest BCUT2D eigenvalue weighted by atomic mass is 16.6. The number of fused-ring (bicyclic) bond motifs is 4. The van der Waals surface area contributed by atoms with E-state index in [1.54, 1.807) is 60.6 Å². The Labute approximate surface area is 526 Å². The van der Waals surface area contributed by atoms with Crippen molar-refractivity contribution in [3.05, 3.63) is 119 Å². The van der Waals surface area contributed by atoms with Gasteiger partial charge in [-0.2, -0.15) is 4.58 Å². The number of anilines is 1. The summed E-state index contributed by atoms with van der Waals surface area (Å²) in [5.41, 5.74) is 3.92. The van der Waals surface area contributed by atoms with Crippen LogP contribution in [-0.2, 0) is 60.7 Å². The third-order valence-electron chi connectivity index (χ3n) is 15.5. The highest BCUT2D eigenvalue weighted by molar-refractivity contribution is 6.18. The number of aliphatic hydroxyl groups excluding tert-OH is 1. The summed E-state index contributed by atoms with van der Waals surface area (Å²) in [7, 11) is 2.93. The summed E-state index contributed by atoms with van der Waals surface area (Å²) in [6.45, 7) is 13.9. The molecule has 7 rings (SSSR count). The molecule has 0 aromatic heterocycles. The number of imide groups is 1. The number of hydrogen-bond donors (Lipinski definition) is 2. The maximum atomic E-state index is 14.6. The van der Waals surface area contributed by atoms with Crippen molar-refractivity contribution in [3.8, 4) is 23.0 Å². The summed E-state index contributed by atoms with van der Waals surface area (Å²) in [5.74, 6) is -1.40. The summed E-state index contributed by atoms with van der Waals surface area (Å²) in [6.07, 6.45) is 14.9. The number of Topliss-reactive ketones (excluding diaryl/α,β-unsaturated/α-hetero) is 3. The number of amides is 4. The fourth-order valence-electron chi connectivity index (χ4n) is 10.5. The minimum atomic E-state index is -1.01. The number of benzene rings is 3. The summed E-state index contributed by atoms with van der Waals surface area (Å²) >= 11 is 0. The van der Waals surface area contributed by atoms with Crippen LogP contribution in [0.4, 0.5) is 16.2 Å². The predicted molar refractivity (Wildman–Crippen MR) is 336 cm³/mol. The smallest absolute Gasteiger partial charge is 0.421 e. The van der Waals surface area contributed by atoms with Gasteiger partial charge < -0.3 is 58.0 Å². The number of ether oxygens (including phenoxy) is 9. The third kappa shape index (κ3) is 18.9. The van der Waals surface area contributed by atoms with Crippen LogP contribution in [0, 0.1) is 11.8 Å². The molecule has 484 valence electrons. The van der Waals surface area contributed by atoms with Crippen LogP contribution in [0.5, 0.6) is 23.0 Å². The second-order valence-electron chi connectivity index (χ2n) is 22.4. The van der Waals surface area contributed by atoms with Gasteiger partial charge in [0.1, 0.15) is 23.7 Å². The molecule has 0 radical (unpaired) electrons. The lowest BCUT2D eigenvalue weighted by Crippen LogP contribution is -2.45. The van der Waals surface area contributed by atoms with Crippen LogP contribution < -0.4 is 29.2 Å². The molecule has 4 aliphatic heterocycles. The first-order chi connectivity index (χ1) is 43.5. The number of carbonyl (C=O) groups excluding carboxylic acids is 7. The molecule has 0 saturated carbocycles. The molecule has 4 heterocycles. The standard InChI is InChI=1S/C68H85N5O17/c1-9-14-48-32-50-40-69-56-38-62(60(82-7)36-54(56)65(78)71(50)41-48)88-23-13-24-89-63-39-57-55(37-61(63)83-8)66(79)72-42-49(15-10-2)33-58(72)67(80)73(57)68(81)90-43-47-19-17-46(18-20-47)34-59(76)45(6)70-64(77)53(44(4)5)35-52(75)21-25-85-27-29-87-31-30-86-28-26-84-22-12-16-51(74)11-3/h9-10,14-15,17-20,36-42,44-45,50,53,58H,11-13,16,21-35,43H2,1-8H3,(H,70,77)/p+1/b14-9+,15-10+/t45-,50-,53-,58-/m0/s1. The number of aliphatic hydroxyl groups is 1. The van der Waals surface area contributed by atoms with E-state index in [1.807, 2.05) is 65.1 Å². The number of rotatable bonds is 37. The van der Waals surface area contributed by atoms with Gasteiger partial charge in [-0.3, -0.25) is 33.8 Å². The van der Waals surface area contributed by atoms with Crippen molar-refractivity contribution in [2.75, 3.05) is 85.2 Å². The molecular weight excluding hydrogens is 1160 g/mol. The maximum absolute atomic E-state index is 14.6. The molecule has 3 aromatic rings. The Morgan fingerprint density at radius 2 is 1.33 bits per heavy atom. The molecule has 0 bridgehead atoms. The van der Waals surface area contributed by atoms with E-state index in [1.165, 1.54) is 30.9 Å². The first kappa shape index (κ1) is 69.2.